The highest BCUT2D eigenvalue weighted by Crippen LogP contribution is 2.23. The summed E-state index contributed by atoms with van der Waals surface area (Å²) in [5.41, 5.74) is 2.35. The molecule has 7 heteroatoms. The highest BCUT2D eigenvalue weighted by Gasteiger charge is 2.02. The second-order valence-corrected chi connectivity index (χ2v) is 5.36. The molecule has 3 rings (SSSR count). The summed E-state index contributed by atoms with van der Waals surface area (Å²) in [5.74, 6) is 1.08. The first-order chi connectivity index (χ1) is 12.7. The summed E-state index contributed by atoms with van der Waals surface area (Å²) in [6, 6.07) is 12.7. The molecule has 0 aliphatic rings. The largest absolute Gasteiger partial charge is 0.497 e. The molecule has 3 aromatic rings. The maximum Gasteiger partial charge on any atom is 0.248 e. The molecule has 0 aliphatic carbocycles. The van der Waals surface area contributed by atoms with E-state index in [4.69, 9.17) is 9.47 Å². The molecule has 2 aromatic carbocycles. The molecular formula is C19H18N4O3. The van der Waals surface area contributed by atoms with Crippen LogP contribution in [-0.2, 0) is 4.79 Å². The Labute approximate surface area is 150 Å². The van der Waals surface area contributed by atoms with E-state index in [0.717, 1.165) is 11.3 Å². The highest BCUT2D eigenvalue weighted by molar-refractivity contribution is 6.02. The predicted octanol–water partition coefficient (Wildman–Crippen LogP) is 2.94. The van der Waals surface area contributed by atoms with Gasteiger partial charge in [-0.1, -0.05) is 0 Å². The lowest BCUT2D eigenvalue weighted by molar-refractivity contribution is -0.111. The number of anilines is 1. The normalized spacial score (nSPS) is 10.7. The molecule has 1 amide bonds. The number of ether oxygens (including phenoxy) is 2. The van der Waals surface area contributed by atoms with Gasteiger partial charge in [0.05, 0.1) is 19.9 Å². The minimum Gasteiger partial charge on any atom is -0.497 e. The quantitative estimate of drug-likeness (QED) is 0.692. The molecule has 0 unspecified atom stereocenters. The van der Waals surface area contributed by atoms with Crippen LogP contribution in [0.25, 0.3) is 11.8 Å². The number of carbonyl (C=O) groups is 1. The number of carbonyl (C=O) groups excluding carboxylic acids is 1. The SMILES string of the molecule is COc1cc(/C=C/C(=O)Nc2ccc(-n3cncn3)cc2)cc(OC)c1. The molecule has 26 heavy (non-hydrogen) atoms. The van der Waals surface area contributed by atoms with Gasteiger partial charge < -0.3 is 14.8 Å². The van der Waals surface area contributed by atoms with Crippen molar-refractivity contribution in [1.82, 2.24) is 14.8 Å². The summed E-state index contributed by atoms with van der Waals surface area (Å²) in [6.07, 6.45) is 6.23. The third-order valence-corrected chi connectivity index (χ3v) is 3.62. The first-order valence-electron chi connectivity index (χ1n) is 7.85. The lowest BCUT2D eigenvalue weighted by atomic mass is 10.2. The van der Waals surface area contributed by atoms with Gasteiger partial charge in [-0.25, -0.2) is 9.67 Å². The van der Waals surface area contributed by atoms with Crippen LogP contribution in [0.3, 0.4) is 0 Å². The Morgan fingerprint density at radius 1 is 1.08 bits per heavy atom. The molecule has 1 aromatic heterocycles. The third-order valence-electron chi connectivity index (χ3n) is 3.62. The summed E-state index contributed by atoms with van der Waals surface area (Å²) >= 11 is 0. The molecule has 0 bridgehead atoms. The average Bonchev–Trinajstić information content (AvgIpc) is 3.21. The molecule has 0 aliphatic heterocycles. The summed E-state index contributed by atoms with van der Waals surface area (Å²) in [6.45, 7) is 0. The van der Waals surface area contributed by atoms with Gasteiger partial charge in [-0.15, -0.1) is 0 Å². The maximum atomic E-state index is 12.1. The van der Waals surface area contributed by atoms with Crippen molar-refractivity contribution in [2.75, 3.05) is 19.5 Å². The topological polar surface area (TPSA) is 78.3 Å². The maximum absolute atomic E-state index is 12.1. The van der Waals surface area contributed by atoms with Crippen molar-refractivity contribution in [3.63, 3.8) is 0 Å². The summed E-state index contributed by atoms with van der Waals surface area (Å²) in [5, 5.41) is 6.86. The van der Waals surface area contributed by atoms with Crippen LogP contribution < -0.4 is 14.8 Å². The van der Waals surface area contributed by atoms with Gasteiger partial charge in [0.25, 0.3) is 0 Å². The van der Waals surface area contributed by atoms with Gasteiger partial charge in [-0.05, 0) is 48.0 Å². The second kappa shape index (κ2) is 7.98. The number of rotatable bonds is 6. The van der Waals surface area contributed by atoms with E-state index < -0.39 is 0 Å². The number of benzene rings is 2. The van der Waals surface area contributed by atoms with E-state index in [1.165, 1.54) is 12.4 Å². The minimum absolute atomic E-state index is 0.236. The Bertz CT molecular complexity index is 881. The molecule has 0 fully saturated rings. The van der Waals surface area contributed by atoms with Gasteiger partial charge in [0.15, 0.2) is 0 Å². The Morgan fingerprint density at radius 3 is 2.35 bits per heavy atom. The zero-order valence-corrected chi connectivity index (χ0v) is 14.4. The number of amides is 1. The molecule has 0 saturated carbocycles. The fraction of sp³-hybridized carbons (Fsp3) is 0.105. The van der Waals surface area contributed by atoms with Crippen molar-refractivity contribution in [3.8, 4) is 17.2 Å². The van der Waals surface area contributed by atoms with E-state index in [2.05, 4.69) is 15.4 Å². The number of hydrogen-bond acceptors (Lipinski definition) is 5. The molecule has 7 nitrogen and oxygen atoms in total. The first-order valence-corrected chi connectivity index (χ1v) is 7.85. The smallest absolute Gasteiger partial charge is 0.248 e. The molecular weight excluding hydrogens is 332 g/mol. The van der Waals surface area contributed by atoms with Crippen LogP contribution in [0.5, 0.6) is 11.5 Å². The van der Waals surface area contributed by atoms with Crippen molar-refractivity contribution < 1.29 is 14.3 Å². The fourth-order valence-electron chi connectivity index (χ4n) is 2.32. The van der Waals surface area contributed by atoms with Crippen molar-refractivity contribution in [1.29, 1.82) is 0 Å². The average molecular weight is 350 g/mol. The molecule has 132 valence electrons. The van der Waals surface area contributed by atoms with Crippen molar-refractivity contribution in [2.24, 2.45) is 0 Å². The van der Waals surface area contributed by atoms with Crippen molar-refractivity contribution in [2.45, 2.75) is 0 Å². The van der Waals surface area contributed by atoms with E-state index >= 15 is 0 Å². The summed E-state index contributed by atoms with van der Waals surface area (Å²) in [7, 11) is 3.16. The zero-order valence-electron chi connectivity index (χ0n) is 14.4. The van der Waals surface area contributed by atoms with Crippen LogP contribution >= 0.6 is 0 Å². The molecule has 1 heterocycles. The van der Waals surface area contributed by atoms with Gasteiger partial charge in [0.2, 0.25) is 5.91 Å². The van der Waals surface area contributed by atoms with E-state index in [1.807, 2.05) is 24.3 Å². The van der Waals surface area contributed by atoms with Crippen LogP contribution in [0.2, 0.25) is 0 Å². The first kappa shape index (κ1) is 17.2. The highest BCUT2D eigenvalue weighted by atomic mass is 16.5. The number of nitrogens with zero attached hydrogens (tertiary/aromatic N) is 3. The van der Waals surface area contributed by atoms with E-state index in [1.54, 1.807) is 49.5 Å². The van der Waals surface area contributed by atoms with Gasteiger partial charge in [-0.3, -0.25) is 4.79 Å². The standard InChI is InChI=1S/C19H18N4O3/c1-25-17-9-14(10-18(11-17)26-2)3-8-19(24)22-15-4-6-16(7-5-15)23-13-20-12-21-23/h3-13H,1-2H3,(H,22,24)/b8-3+. The Hall–Kier alpha value is -3.61. The lowest BCUT2D eigenvalue weighted by Gasteiger charge is -2.06. The minimum atomic E-state index is -0.236. The number of nitrogens with one attached hydrogen (secondary N) is 1. The van der Waals surface area contributed by atoms with Crippen LogP contribution in [0, 0.1) is 0 Å². The van der Waals surface area contributed by atoms with E-state index in [0.29, 0.717) is 17.2 Å². The van der Waals surface area contributed by atoms with Crippen molar-refractivity contribution in [3.05, 3.63) is 66.8 Å². The third kappa shape index (κ3) is 4.27. The van der Waals surface area contributed by atoms with Crippen LogP contribution in [0.1, 0.15) is 5.56 Å². The van der Waals surface area contributed by atoms with E-state index in [-0.39, 0.29) is 5.91 Å². The molecule has 1 N–H and O–H groups in total. The Balaban J connectivity index is 1.66. The number of aromatic nitrogens is 3. The zero-order chi connectivity index (χ0) is 18.4. The fourth-order valence-corrected chi connectivity index (χ4v) is 2.32. The lowest BCUT2D eigenvalue weighted by Crippen LogP contribution is -2.07. The summed E-state index contributed by atoms with van der Waals surface area (Å²) in [4.78, 5) is 16.0. The summed E-state index contributed by atoms with van der Waals surface area (Å²) < 4.78 is 12.1. The second-order valence-electron chi connectivity index (χ2n) is 5.36. The predicted molar refractivity (Wildman–Crippen MR) is 98.6 cm³/mol. The number of hydrogen-bond donors (Lipinski definition) is 1. The molecule has 0 spiro atoms. The molecule has 0 saturated heterocycles. The van der Waals surface area contributed by atoms with Crippen LogP contribution in [0.4, 0.5) is 5.69 Å². The van der Waals surface area contributed by atoms with Crippen molar-refractivity contribution >= 4 is 17.7 Å². The molecule has 0 radical (unpaired) electrons. The van der Waals surface area contributed by atoms with Crippen LogP contribution in [0.15, 0.2) is 61.2 Å². The number of methoxy groups -OCH3 is 2. The Kier molecular flexibility index (Phi) is 5.28. The van der Waals surface area contributed by atoms with E-state index in [9.17, 15) is 4.79 Å². The van der Waals surface area contributed by atoms with Gasteiger partial charge in [0.1, 0.15) is 24.2 Å². The van der Waals surface area contributed by atoms with Gasteiger partial charge in [0, 0.05) is 17.8 Å². The van der Waals surface area contributed by atoms with Gasteiger partial charge in [-0.2, -0.15) is 5.10 Å². The Morgan fingerprint density at radius 2 is 1.77 bits per heavy atom. The monoisotopic (exact) mass is 350 g/mol. The molecule has 0 atom stereocenters. The van der Waals surface area contributed by atoms with Gasteiger partial charge >= 0.3 is 0 Å². The van der Waals surface area contributed by atoms with Crippen LogP contribution in [-0.4, -0.2) is 34.9 Å².